The topological polar surface area (TPSA) is 58.1 Å². The maximum absolute atomic E-state index is 13.1. The molecule has 1 unspecified atom stereocenters. The van der Waals surface area contributed by atoms with E-state index in [1.807, 2.05) is 53.6 Å². The Kier molecular flexibility index (Phi) is 4.84. The van der Waals surface area contributed by atoms with E-state index in [1.165, 1.54) is 10.5 Å². The van der Waals surface area contributed by atoms with Crippen LogP contribution in [0.3, 0.4) is 0 Å². The number of carbonyl (C=O) groups excluding carboxylic acids is 1. The summed E-state index contributed by atoms with van der Waals surface area (Å²) in [6.07, 6.45) is 2.81. The first-order valence-corrected chi connectivity index (χ1v) is 11.3. The molecule has 2 aliphatic heterocycles. The monoisotopic (exact) mass is 407 g/mol. The number of thioether (sulfide) groups is 1. The van der Waals surface area contributed by atoms with Gasteiger partial charge in [0.1, 0.15) is 0 Å². The van der Waals surface area contributed by atoms with Crippen LogP contribution in [0.25, 0.3) is 11.0 Å². The van der Waals surface area contributed by atoms with Crippen molar-refractivity contribution in [2.75, 3.05) is 18.8 Å². The fourth-order valence-corrected chi connectivity index (χ4v) is 5.77. The molecule has 29 heavy (non-hydrogen) atoms. The number of aryl methyl sites for hydroxylation is 1. The molecule has 5 rings (SSSR count). The highest BCUT2D eigenvalue weighted by Gasteiger charge is 2.29. The van der Waals surface area contributed by atoms with E-state index < -0.39 is 0 Å². The second kappa shape index (κ2) is 7.50. The van der Waals surface area contributed by atoms with Gasteiger partial charge in [-0.1, -0.05) is 18.2 Å². The van der Waals surface area contributed by atoms with Crippen LogP contribution in [0.4, 0.5) is 0 Å². The van der Waals surface area contributed by atoms with Crippen molar-refractivity contribution in [3.8, 4) is 0 Å². The van der Waals surface area contributed by atoms with Gasteiger partial charge in [-0.25, -0.2) is 4.79 Å². The van der Waals surface area contributed by atoms with Gasteiger partial charge < -0.3 is 4.98 Å². The van der Waals surface area contributed by atoms with Gasteiger partial charge in [-0.05, 0) is 56.0 Å². The van der Waals surface area contributed by atoms with Gasteiger partial charge in [0.15, 0.2) is 5.78 Å². The number of para-hydroxylation sites is 2. The molecular formula is C23H25N3O2S. The van der Waals surface area contributed by atoms with Gasteiger partial charge >= 0.3 is 5.69 Å². The predicted molar refractivity (Wildman–Crippen MR) is 117 cm³/mol. The minimum Gasteiger partial charge on any atom is -0.306 e. The van der Waals surface area contributed by atoms with Crippen LogP contribution in [0.2, 0.25) is 0 Å². The summed E-state index contributed by atoms with van der Waals surface area (Å²) in [6, 6.07) is 14.1. The van der Waals surface area contributed by atoms with E-state index in [4.69, 9.17) is 0 Å². The van der Waals surface area contributed by atoms with E-state index >= 15 is 0 Å². The molecule has 0 spiro atoms. The van der Waals surface area contributed by atoms with Crippen LogP contribution in [-0.4, -0.2) is 45.1 Å². The smallest absolute Gasteiger partial charge is 0.306 e. The fourth-order valence-electron chi connectivity index (χ4n) is 4.71. The SMILES string of the molecule is CC(C(=O)c1ccc2c(c1)CCS2)N1CCC(n2c(=O)[nH]c3ccccc32)CC1. The average Bonchev–Trinajstić information content (AvgIpc) is 3.35. The number of rotatable bonds is 4. The van der Waals surface area contributed by atoms with Gasteiger partial charge in [-0.2, -0.15) is 0 Å². The van der Waals surface area contributed by atoms with E-state index in [0.717, 1.165) is 54.7 Å². The Labute approximate surface area is 174 Å². The summed E-state index contributed by atoms with van der Waals surface area (Å²) in [4.78, 5) is 32.1. The van der Waals surface area contributed by atoms with Gasteiger partial charge in [-0.15, -0.1) is 11.8 Å². The first-order chi connectivity index (χ1) is 14.1. The molecule has 3 aromatic rings. The minimum absolute atomic E-state index is 0.0372. The number of Topliss-reactive ketones (excluding diaryl/α,β-unsaturated/α-hetero) is 1. The van der Waals surface area contributed by atoms with Crippen molar-refractivity contribution >= 4 is 28.6 Å². The Hall–Kier alpha value is -2.31. The number of likely N-dealkylation sites (tertiary alicyclic amines) is 1. The molecule has 3 heterocycles. The second-order valence-electron chi connectivity index (χ2n) is 8.05. The molecule has 2 aliphatic rings. The van der Waals surface area contributed by atoms with E-state index in [1.54, 1.807) is 0 Å². The summed E-state index contributed by atoms with van der Waals surface area (Å²) in [5.74, 6) is 1.32. The summed E-state index contributed by atoms with van der Waals surface area (Å²) in [6.45, 7) is 3.66. The van der Waals surface area contributed by atoms with Crippen molar-refractivity contribution < 1.29 is 4.79 Å². The molecule has 0 radical (unpaired) electrons. The zero-order chi connectivity index (χ0) is 20.0. The lowest BCUT2D eigenvalue weighted by Crippen LogP contribution is -2.45. The van der Waals surface area contributed by atoms with Crippen LogP contribution in [0, 0.1) is 0 Å². The number of carbonyl (C=O) groups is 1. The molecule has 2 aromatic carbocycles. The van der Waals surface area contributed by atoms with E-state index in [0.29, 0.717) is 0 Å². The molecule has 0 aliphatic carbocycles. The first kappa shape index (κ1) is 18.7. The highest BCUT2D eigenvalue weighted by Crippen LogP contribution is 2.32. The number of imidazole rings is 1. The van der Waals surface area contributed by atoms with Crippen molar-refractivity contribution in [2.24, 2.45) is 0 Å². The summed E-state index contributed by atoms with van der Waals surface area (Å²) in [7, 11) is 0. The predicted octanol–water partition coefficient (Wildman–Crippen LogP) is 3.89. The first-order valence-electron chi connectivity index (χ1n) is 10.3. The number of benzene rings is 2. The molecule has 1 aromatic heterocycles. The largest absolute Gasteiger partial charge is 0.326 e. The normalized spacial score (nSPS) is 18.8. The van der Waals surface area contributed by atoms with E-state index in [-0.39, 0.29) is 23.6 Å². The van der Waals surface area contributed by atoms with Crippen LogP contribution < -0.4 is 5.69 Å². The molecule has 0 bridgehead atoms. The Bertz CT molecular complexity index is 1120. The molecule has 6 heteroatoms. The molecular weight excluding hydrogens is 382 g/mol. The number of aromatic amines is 1. The van der Waals surface area contributed by atoms with Gasteiger partial charge in [0.2, 0.25) is 0 Å². The van der Waals surface area contributed by atoms with Crippen LogP contribution in [0.1, 0.15) is 41.7 Å². The second-order valence-corrected chi connectivity index (χ2v) is 9.18. The number of H-pyrrole nitrogens is 1. The Morgan fingerprint density at radius 3 is 2.79 bits per heavy atom. The van der Waals surface area contributed by atoms with Gasteiger partial charge in [0.05, 0.1) is 17.1 Å². The number of hydrogen-bond acceptors (Lipinski definition) is 4. The summed E-state index contributed by atoms with van der Waals surface area (Å²) < 4.78 is 1.90. The van der Waals surface area contributed by atoms with Crippen LogP contribution in [-0.2, 0) is 6.42 Å². The highest BCUT2D eigenvalue weighted by atomic mass is 32.2. The molecule has 1 N–H and O–H groups in total. The van der Waals surface area contributed by atoms with Crippen LogP contribution in [0.15, 0.2) is 52.2 Å². The third kappa shape index (κ3) is 3.34. The standard InChI is InChI=1S/C23H25N3O2S/c1-15(22(27)17-6-7-21-16(14-17)10-13-29-21)25-11-8-18(9-12-25)26-20-5-3-2-4-19(20)24-23(26)28/h2-7,14-15,18H,8-13H2,1H3,(H,24,28). The maximum atomic E-state index is 13.1. The zero-order valence-electron chi connectivity index (χ0n) is 16.6. The number of ketones is 1. The number of nitrogens with zero attached hydrogens (tertiary/aromatic N) is 2. The summed E-state index contributed by atoms with van der Waals surface area (Å²) in [5.41, 5.74) is 3.96. The number of nitrogens with one attached hydrogen (secondary N) is 1. The molecule has 1 atom stereocenters. The van der Waals surface area contributed by atoms with Gasteiger partial charge in [0.25, 0.3) is 0 Å². The Balaban J connectivity index is 1.29. The average molecular weight is 408 g/mol. The maximum Gasteiger partial charge on any atom is 0.326 e. The third-order valence-corrected chi connectivity index (χ3v) is 7.51. The summed E-state index contributed by atoms with van der Waals surface area (Å²) in [5, 5.41) is 0. The van der Waals surface area contributed by atoms with E-state index in [9.17, 15) is 9.59 Å². The molecule has 1 fully saturated rings. The van der Waals surface area contributed by atoms with Crippen molar-refractivity contribution in [1.82, 2.24) is 14.5 Å². The lowest BCUT2D eigenvalue weighted by atomic mass is 9.97. The van der Waals surface area contributed by atoms with Crippen molar-refractivity contribution in [1.29, 1.82) is 0 Å². The van der Waals surface area contributed by atoms with Crippen molar-refractivity contribution in [2.45, 2.75) is 43.2 Å². The minimum atomic E-state index is -0.136. The number of piperidine rings is 1. The van der Waals surface area contributed by atoms with Gasteiger partial charge in [-0.3, -0.25) is 14.3 Å². The number of fused-ring (bicyclic) bond motifs is 2. The molecule has 150 valence electrons. The van der Waals surface area contributed by atoms with Crippen LogP contribution in [0.5, 0.6) is 0 Å². The third-order valence-electron chi connectivity index (χ3n) is 6.39. The van der Waals surface area contributed by atoms with Crippen molar-refractivity contribution in [3.05, 3.63) is 64.1 Å². The number of hydrogen-bond donors (Lipinski definition) is 1. The molecule has 1 saturated heterocycles. The molecule has 5 nitrogen and oxygen atoms in total. The van der Waals surface area contributed by atoms with Crippen LogP contribution >= 0.6 is 11.8 Å². The summed E-state index contributed by atoms with van der Waals surface area (Å²) >= 11 is 1.87. The lowest BCUT2D eigenvalue weighted by Gasteiger charge is -2.35. The van der Waals surface area contributed by atoms with E-state index in [2.05, 4.69) is 22.0 Å². The number of aromatic nitrogens is 2. The quantitative estimate of drug-likeness (QED) is 0.667. The zero-order valence-corrected chi connectivity index (χ0v) is 17.4. The lowest BCUT2D eigenvalue weighted by molar-refractivity contribution is 0.0776. The molecule has 0 saturated carbocycles. The molecule has 0 amide bonds. The van der Waals surface area contributed by atoms with Gasteiger partial charge in [0, 0.05) is 35.3 Å². The fraction of sp³-hybridized carbons (Fsp3) is 0.391. The highest BCUT2D eigenvalue weighted by molar-refractivity contribution is 7.99. The Morgan fingerprint density at radius 2 is 1.97 bits per heavy atom. The Morgan fingerprint density at radius 1 is 1.17 bits per heavy atom. The van der Waals surface area contributed by atoms with Crippen molar-refractivity contribution in [3.63, 3.8) is 0 Å².